The highest BCUT2D eigenvalue weighted by Crippen LogP contribution is 2.35. The average Bonchev–Trinajstić information content (AvgIpc) is 3.21. The average molecular weight is 318 g/mol. The molecule has 1 aromatic carbocycles. The summed E-state index contributed by atoms with van der Waals surface area (Å²) in [6.45, 7) is 7.04. The summed E-state index contributed by atoms with van der Waals surface area (Å²) in [6.07, 6.45) is 4.40. The summed E-state index contributed by atoms with van der Waals surface area (Å²) in [5.41, 5.74) is 9.49. The summed E-state index contributed by atoms with van der Waals surface area (Å²) in [7, 11) is 0. The van der Waals surface area contributed by atoms with Crippen LogP contribution in [-0.4, -0.2) is 12.6 Å². The molecule has 0 amide bonds. The number of rotatable bonds is 6. The summed E-state index contributed by atoms with van der Waals surface area (Å²) in [4.78, 5) is 0. The van der Waals surface area contributed by atoms with E-state index >= 15 is 0 Å². The van der Waals surface area contributed by atoms with E-state index in [1.165, 1.54) is 18.4 Å². The molecule has 2 rings (SSSR count). The van der Waals surface area contributed by atoms with Crippen LogP contribution in [0.15, 0.2) is 6.07 Å². The van der Waals surface area contributed by atoms with Gasteiger partial charge in [-0.2, -0.15) is 0 Å². The summed E-state index contributed by atoms with van der Waals surface area (Å²) in [5, 5.41) is 0.845. The van der Waals surface area contributed by atoms with E-state index < -0.39 is 0 Å². The Bertz CT molecular complexity index is 458. The first-order chi connectivity index (χ1) is 9.02. The molecule has 1 fully saturated rings. The Labute approximate surface area is 133 Å². The second-order valence-electron chi connectivity index (χ2n) is 5.74. The lowest BCUT2D eigenvalue weighted by Gasteiger charge is -2.19. The summed E-state index contributed by atoms with van der Waals surface area (Å²) < 4.78 is 6.01. The third-order valence-electron chi connectivity index (χ3n) is 3.94. The quantitative estimate of drug-likeness (QED) is 0.841. The Morgan fingerprint density at radius 2 is 2.05 bits per heavy atom. The van der Waals surface area contributed by atoms with Gasteiger partial charge in [-0.05, 0) is 62.6 Å². The number of hydrogen-bond donors (Lipinski definition) is 1. The van der Waals surface area contributed by atoms with Gasteiger partial charge < -0.3 is 10.5 Å². The molecule has 4 heteroatoms. The van der Waals surface area contributed by atoms with Crippen LogP contribution in [0.5, 0.6) is 5.75 Å². The first-order valence-corrected chi connectivity index (χ1v) is 7.57. The zero-order valence-electron chi connectivity index (χ0n) is 12.5. The molecular formula is C16H25Cl2NO. The topological polar surface area (TPSA) is 35.2 Å². The largest absolute Gasteiger partial charge is 0.493 e. The van der Waals surface area contributed by atoms with Crippen LogP contribution in [0.3, 0.4) is 0 Å². The van der Waals surface area contributed by atoms with Gasteiger partial charge in [-0.1, -0.05) is 18.5 Å². The number of ether oxygens (including phenoxy) is 1. The van der Waals surface area contributed by atoms with Gasteiger partial charge in [-0.3, -0.25) is 0 Å². The maximum absolute atomic E-state index is 6.36. The van der Waals surface area contributed by atoms with Crippen LogP contribution in [0.25, 0.3) is 0 Å². The summed E-state index contributed by atoms with van der Waals surface area (Å²) >= 11 is 6.36. The molecule has 0 spiro atoms. The van der Waals surface area contributed by atoms with E-state index in [0.29, 0.717) is 0 Å². The number of hydrogen-bond acceptors (Lipinski definition) is 2. The highest BCUT2D eigenvalue weighted by molar-refractivity contribution is 6.32. The molecule has 1 atom stereocenters. The number of halogens is 2. The van der Waals surface area contributed by atoms with Crippen molar-refractivity contribution in [2.75, 3.05) is 6.61 Å². The maximum atomic E-state index is 6.36. The zero-order chi connectivity index (χ0) is 14.0. The molecule has 2 nitrogen and oxygen atoms in total. The van der Waals surface area contributed by atoms with Crippen LogP contribution in [0.4, 0.5) is 0 Å². The molecule has 0 heterocycles. The van der Waals surface area contributed by atoms with Crippen LogP contribution in [0, 0.1) is 19.8 Å². The fourth-order valence-corrected chi connectivity index (χ4v) is 2.41. The Morgan fingerprint density at radius 1 is 1.40 bits per heavy atom. The maximum Gasteiger partial charge on any atom is 0.123 e. The van der Waals surface area contributed by atoms with Crippen molar-refractivity contribution in [3.63, 3.8) is 0 Å². The molecule has 20 heavy (non-hydrogen) atoms. The van der Waals surface area contributed by atoms with Crippen molar-refractivity contribution in [3.05, 3.63) is 27.8 Å². The van der Waals surface area contributed by atoms with E-state index in [2.05, 4.69) is 19.9 Å². The van der Waals surface area contributed by atoms with E-state index in [1.54, 1.807) is 0 Å². The van der Waals surface area contributed by atoms with Crippen molar-refractivity contribution >= 4 is 24.0 Å². The minimum absolute atomic E-state index is 0. The molecule has 0 aromatic heterocycles. The van der Waals surface area contributed by atoms with Gasteiger partial charge in [0.1, 0.15) is 5.75 Å². The Hall–Kier alpha value is -0.440. The SMILES string of the molecule is CCC(N)Cc1c(OCC2CC2)cc(C)c(Cl)c1C.Cl. The Morgan fingerprint density at radius 3 is 2.60 bits per heavy atom. The standard InChI is InChI=1S/C16H24ClNO.ClH/c1-4-13(18)8-14-11(3)16(17)10(2)7-15(14)19-9-12-5-6-12;/h7,12-13H,4-6,8-9,18H2,1-3H3;1H. The van der Waals surface area contributed by atoms with Crippen molar-refractivity contribution in [3.8, 4) is 5.75 Å². The predicted octanol–water partition coefficient (Wildman–Crippen LogP) is 4.45. The van der Waals surface area contributed by atoms with Gasteiger partial charge in [0.2, 0.25) is 0 Å². The molecule has 0 bridgehead atoms. The predicted molar refractivity (Wildman–Crippen MR) is 88.4 cm³/mol. The van der Waals surface area contributed by atoms with Crippen LogP contribution in [0.1, 0.15) is 42.9 Å². The molecule has 1 unspecified atom stereocenters. The summed E-state index contributed by atoms with van der Waals surface area (Å²) in [5.74, 6) is 1.74. The molecule has 1 aliphatic carbocycles. The lowest BCUT2D eigenvalue weighted by atomic mass is 9.97. The fourth-order valence-electron chi connectivity index (χ4n) is 2.24. The van der Waals surface area contributed by atoms with Crippen molar-refractivity contribution < 1.29 is 4.74 Å². The van der Waals surface area contributed by atoms with Crippen molar-refractivity contribution in [1.82, 2.24) is 0 Å². The third kappa shape index (κ3) is 4.28. The van der Waals surface area contributed by atoms with E-state index in [9.17, 15) is 0 Å². The minimum Gasteiger partial charge on any atom is -0.493 e. The summed E-state index contributed by atoms with van der Waals surface area (Å²) in [6, 6.07) is 2.23. The van der Waals surface area contributed by atoms with Gasteiger partial charge in [-0.25, -0.2) is 0 Å². The van der Waals surface area contributed by atoms with E-state index in [-0.39, 0.29) is 18.4 Å². The van der Waals surface area contributed by atoms with Crippen molar-refractivity contribution in [2.24, 2.45) is 11.7 Å². The van der Waals surface area contributed by atoms with Crippen molar-refractivity contribution in [2.45, 2.75) is 52.5 Å². The van der Waals surface area contributed by atoms with Gasteiger partial charge >= 0.3 is 0 Å². The smallest absolute Gasteiger partial charge is 0.123 e. The van der Waals surface area contributed by atoms with E-state index in [4.69, 9.17) is 22.1 Å². The van der Waals surface area contributed by atoms with Crippen molar-refractivity contribution in [1.29, 1.82) is 0 Å². The van der Waals surface area contributed by atoms with E-state index in [1.807, 2.05) is 6.92 Å². The van der Waals surface area contributed by atoms with Gasteiger partial charge in [0, 0.05) is 16.6 Å². The third-order valence-corrected chi connectivity index (χ3v) is 4.52. The Balaban J connectivity index is 0.00000200. The van der Waals surface area contributed by atoms with Gasteiger partial charge in [-0.15, -0.1) is 12.4 Å². The van der Waals surface area contributed by atoms with Crippen LogP contribution in [0.2, 0.25) is 5.02 Å². The normalized spacial score (nSPS) is 15.7. The molecule has 1 aromatic rings. The second kappa shape index (κ2) is 7.53. The highest BCUT2D eigenvalue weighted by Gasteiger charge is 2.23. The number of aryl methyl sites for hydroxylation is 1. The first kappa shape index (κ1) is 17.6. The number of benzene rings is 1. The van der Waals surface area contributed by atoms with Crippen LogP contribution >= 0.6 is 24.0 Å². The first-order valence-electron chi connectivity index (χ1n) is 7.19. The monoisotopic (exact) mass is 317 g/mol. The van der Waals surface area contributed by atoms with Crippen LogP contribution in [-0.2, 0) is 6.42 Å². The molecule has 0 radical (unpaired) electrons. The molecular weight excluding hydrogens is 293 g/mol. The molecule has 0 saturated heterocycles. The van der Waals surface area contributed by atoms with Gasteiger partial charge in [0.15, 0.2) is 0 Å². The molecule has 1 saturated carbocycles. The lowest BCUT2D eigenvalue weighted by Crippen LogP contribution is -2.22. The second-order valence-corrected chi connectivity index (χ2v) is 6.11. The van der Waals surface area contributed by atoms with Gasteiger partial charge in [0.25, 0.3) is 0 Å². The highest BCUT2D eigenvalue weighted by atomic mass is 35.5. The molecule has 1 aliphatic rings. The Kier molecular flexibility index (Phi) is 6.63. The zero-order valence-corrected chi connectivity index (χ0v) is 14.1. The van der Waals surface area contributed by atoms with Gasteiger partial charge in [0.05, 0.1) is 6.61 Å². The molecule has 0 aliphatic heterocycles. The molecule has 2 N–H and O–H groups in total. The number of nitrogens with two attached hydrogens (primary N) is 1. The fraction of sp³-hybridized carbons (Fsp3) is 0.625. The van der Waals surface area contributed by atoms with E-state index in [0.717, 1.165) is 47.3 Å². The minimum atomic E-state index is 0. The van der Waals surface area contributed by atoms with Crippen LogP contribution < -0.4 is 10.5 Å². The lowest BCUT2D eigenvalue weighted by molar-refractivity contribution is 0.295. The molecule has 114 valence electrons.